The molecule has 7 heteroatoms. The second-order valence-electron chi connectivity index (χ2n) is 3.91. The maximum atomic E-state index is 12.0. The molecular weight excluding hydrogens is 262 g/mol. The second-order valence-corrected chi connectivity index (χ2v) is 5.97. The molecule has 1 N–H and O–H groups in total. The van der Waals surface area contributed by atoms with Gasteiger partial charge in [0.1, 0.15) is 11.0 Å². The Hall–Kier alpha value is -0.850. The summed E-state index contributed by atoms with van der Waals surface area (Å²) in [6.07, 6.45) is 2.90. The van der Waals surface area contributed by atoms with Crippen LogP contribution in [0.2, 0.25) is 5.15 Å². The van der Waals surface area contributed by atoms with Gasteiger partial charge in [0, 0.05) is 13.1 Å². The molecule has 1 fully saturated rings. The maximum Gasteiger partial charge on any atom is 0.302 e. The predicted octanol–water partition coefficient (Wildman–Crippen LogP) is 1.88. The number of nitrogens with one attached hydrogen (secondary N) is 1. The molecule has 94 valence electrons. The Bertz CT molecular complexity index is 486. The van der Waals surface area contributed by atoms with Crippen LogP contribution in [0.3, 0.4) is 0 Å². The summed E-state index contributed by atoms with van der Waals surface area (Å²) >= 11 is 5.70. The Balaban J connectivity index is 2.11. The number of nitrogens with zero attached hydrogens (tertiary/aromatic N) is 2. The molecule has 0 radical (unpaired) electrons. The van der Waals surface area contributed by atoms with Crippen molar-refractivity contribution in [1.82, 2.24) is 9.29 Å². The number of hydrogen-bond donors (Lipinski definition) is 1. The van der Waals surface area contributed by atoms with Crippen LogP contribution in [0.5, 0.6) is 0 Å². The topological polar surface area (TPSA) is 62.3 Å². The van der Waals surface area contributed by atoms with Gasteiger partial charge in [-0.3, -0.25) is 4.72 Å². The highest BCUT2D eigenvalue weighted by Gasteiger charge is 2.23. The Kier molecular flexibility index (Phi) is 3.86. The Morgan fingerprint density at radius 3 is 2.59 bits per heavy atom. The number of piperidine rings is 1. The van der Waals surface area contributed by atoms with Crippen LogP contribution in [-0.2, 0) is 10.2 Å². The number of pyridine rings is 1. The van der Waals surface area contributed by atoms with Gasteiger partial charge in [0.2, 0.25) is 0 Å². The minimum absolute atomic E-state index is 0.253. The van der Waals surface area contributed by atoms with Crippen LogP contribution in [-0.4, -0.2) is 30.8 Å². The quantitative estimate of drug-likeness (QED) is 0.857. The van der Waals surface area contributed by atoms with Crippen molar-refractivity contribution in [2.75, 3.05) is 17.8 Å². The fourth-order valence-corrected chi connectivity index (χ4v) is 3.18. The number of halogens is 1. The van der Waals surface area contributed by atoms with Gasteiger partial charge in [0.25, 0.3) is 0 Å². The van der Waals surface area contributed by atoms with Gasteiger partial charge >= 0.3 is 10.2 Å². The molecule has 5 nitrogen and oxygen atoms in total. The van der Waals surface area contributed by atoms with Crippen LogP contribution in [0.25, 0.3) is 0 Å². The zero-order valence-electron chi connectivity index (χ0n) is 9.26. The molecule has 0 atom stereocenters. The third-order valence-corrected chi connectivity index (χ3v) is 4.33. The van der Waals surface area contributed by atoms with Crippen LogP contribution < -0.4 is 4.72 Å². The summed E-state index contributed by atoms with van der Waals surface area (Å²) in [5, 5.41) is 0.267. The van der Waals surface area contributed by atoms with Crippen molar-refractivity contribution in [3.8, 4) is 0 Å². The summed E-state index contributed by atoms with van der Waals surface area (Å²) in [4.78, 5) is 3.90. The summed E-state index contributed by atoms with van der Waals surface area (Å²) in [6, 6.07) is 4.83. The molecule has 1 saturated heterocycles. The molecule has 1 aromatic rings. The van der Waals surface area contributed by atoms with Crippen molar-refractivity contribution in [2.45, 2.75) is 19.3 Å². The van der Waals surface area contributed by atoms with Crippen LogP contribution in [0, 0.1) is 0 Å². The molecule has 0 spiro atoms. The number of anilines is 1. The van der Waals surface area contributed by atoms with Crippen LogP contribution in [0.1, 0.15) is 19.3 Å². The van der Waals surface area contributed by atoms with E-state index in [9.17, 15) is 8.42 Å². The van der Waals surface area contributed by atoms with E-state index in [0.29, 0.717) is 13.1 Å². The van der Waals surface area contributed by atoms with Crippen molar-refractivity contribution in [1.29, 1.82) is 0 Å². The summed E-state index contributed by atoms with van der Waals surface area (Å²) in [5.74, 6) is 0.253. The maximum absolute atomic E-state index is 12.0. The van der Waals surface area contributed by atoms with Crippen LogP contribution in [0.15, 0.2) is 18.2 Å². The largest absolute Gasteiger partial charge is 0.302 e. The normalized spacial score (nSPS) is 17.9. The first-order chi connectivity index (χ1) is 8.08. The first-order valence-corrected chi connectivity index (χ1v) is 7.30. The van der Waals surface area contributed by atoms with Gasteiger partial charge in [-0.15, -0.1) is 0 Å². The smallest absolute Gasteiger partial charge is 0.254 e. The molecule has 2 rings (SSSR count). The molecule has 0 amide bonds. The Morgan fingerprint density at radius 1 is 1.24 bits per heavy atom. The summed E-state index contributed by atoms with van der Waals surface area (Å²) in [6.45, 7) is 1.13. The molecule has 1 aliphatic heterocycles. The first kappa shape index (κ1) is 12.6. The van der Waals surface area contributed by atoms with Crippen molar-refractivity contribution < 1.29 is 8.42 Å². The van der Waals surface area contributed by atoms with Crippen molar-refractivity contribution in [3.63, 3.8) is 0 Å². The lowest BCUT2D eigenvalue weighted by molar-refractivity contribution is 0.349. The molecule has 1 aliphatic rings. The number of hydrogen-bond acceptors (Lipinski definition) is 3. The minimum Gasteiger partial charge on any atom is -0.254 e. The van der Waals surface area contributed by atoms with Gasteiger partial charge in [0.15, 0.2) is 0 Å². The van der Waals surface area contributed by atoms with E-state index in [-0.39, 0.29) is 11.0 Å². The lowest BCUT2D eigenvalue weighted by atomic mass is 10.2. The molecular formula is C10H14ClN3O2S. The SMILES string of the molecule is O=S(=O)(Nc1cccc(Cl)n1)N1CCCCC1. The molecule has 0 aliphatic carbocycles. The average molecular weight is 276 g/mol. The van der Waals surface area contributed by atoms with Crippen LogP contribution in [0.4, 0.5) is 5.82 Å². The molecule has 0 bridgehead atoms. The molecule has 0 aromatic carbocycles. The van der Waals surface area contributed by atoms with E-state index < -0.39 is 10.2 Å². The van der Waals surface area contributed by atoms with Crippen molar-refractivity contribution >= 4 is 27.6 Å². The molecule has 17 heavy (non-hydrogen) atoms. The van der Waals surface area contributed by atoms with Gasteiger partial charge in [-0.25, -0.2) is 4.98 Å². The lowest BCUT2D eigenvalue weighted by Gasteiger charge is -2.25. The third kappa shape index (κ3) is 3.31. The van der Waals surface area contributed by atoms with Gasteiger partial charge in [-0.05, 0) is 25.0 Å². The van der Waals surface area contributed by atoms with Gasteiger partial charge in [0.05, 0.1) is 0 Å². The molecule has 2 heterocycles. The zero-order valence-corrected chi connectivity index (χ0v) is 10.8. The molecule has 0 saturated carbocycles. The predicted molar refractivity (Wildman–Crippen MR) is 67.2 cm³/mol. The minimum atomic E-state index is -3.49. The first-order valence-electron chi connectivity index (χ1n) is 5.48. The highest BCUT2D eigenvalue weighted by molar-refractivity contribution is 7.90. The van der Waals surface area contributed by atoms with E-state index in [1.54, 1.807) is 18.2 Å². The molecule has 0 unspecified atom stereocenters. The third-order valence-electron chi connectivity index (χ3n) is 2.60. The summed E-state index contributed by atoms with van der Waals surface area (Å²) in [5.41, 5.74) is 0. The van der Waals surface area contributed by atoms with Crippen molar-refractivity contribution in [3.05, 3.63) is 23.4 Å². The van der Waals surface area contributed by atoms with E-state index >= 15 is 0 Å². The van der Waals surface area contributed by atoms with Gasteiger partial charge in [-0.1, -0.05) is 24.1 Å². The standard InChI is InChI=1S/C10H14ClN3O2S/c11-9-5-4-6-10(12-9)13-17(15,16)14-7-2-1-3-8-14/h4-6H,1-3,7-8H2,(H,12,13). The lowest BCUT2D eigenvalue weighted by Crippen LogP contribution is -2.39. The van der Waals surface area contributed by atoms with Gasteiger partial charge < -0.3 is 0 Å². The van der Waals surface area contributed by atoms with Gasteiger partial charge in [-0.2, -0.15) is 12.7 Å². The van der Waals surface area contributed by atoms with E-state index in [1.807, 2.05) is 0 Å². The van der Waals surface area contributed by atoms with E-state index in [1.165, 1.54) is 4.31 Å². The Labute approximate surface area is 106 Å². The Morgan fingerprint density at radius 2 is 1.94 bits per heavy atom. The fraction of sp³-hybridized carbons (Fsp3) is 0.500. The summed E-state index contributed by atoms with van der Waals surface area (Å²) in [7, 11) is -3.49. The average Bonchev–Trinajstić information content (AvgIpc) is 2.29. The van der Waals surface area contributed by atoms with Crippen molar-refractivity contribution in [2.24, 2.45) is 0 Å². The van der Waals surface area contributed by atoms with Crippen LogP contribution >= 0.6 is 11.6 Å². The highest BCUT2D eigenvalue weighted by atomic mass is 35.5. The monoisotopic (exact) mass is 275 g/mol. The van der Waals surface area contributed by atoms with E-state index in [2.05, 4.69) is 9.71 Å². The summed E-state index contributed by atoms with van der Waals surface area (Å²) < 4.78 is 27.9. The zero-order chi connectivity index (χ0) is 12.3. The number of aromatic nitrogens is 1. The highest BCUT2D eigenvalue weighted by Crippen LogP contribution is 2.16. The van der Waals surface area contributed by atoms with E-state index in [4.69, 9.17) is 11.6 Å². The fourth-order valence-electron chi connectivity index (χ4n) is 1.77. The molecule has 1 aromatic heterocycles. The van der Waals surface area contributed by atoms with E-state index in [0.717, 1.165) is 19.3 Å². The second kappa shape index (κ2) is 5.20. The number of rotatable bonds is 3.